The Balaban J connectivity index is 2.56. The average Bonchev–Trinajstić information content (AvgIpc) is 2.35. The first kappa shape index (κ1) is 12.1. The fraction of sp³-hybridized carbons (Fsp3) is 0. The monoisotopic (exact) mass is 268 g/mol. The minimum atomic E-state index is -0.673. The lowest BCUT2D eigenvalue weighted by Crippen LogP contribution is -2.05. The van der Waals surface area contributed by atoms with Crippen LogP contribution in [0.4, 0.5) is 4.39 Å². The molecule has 0 atom stereocenters. The number of hydrogen-bond donors (Lipinski definition) is 0. The highest BCUT2D eigenvalue weighted by atomic mass is 35.5. The van der Waals surface area contributed by atoms with Crippen LogP contribution in [0.1, 0.15) is 15.9 Å². The van der Waals surface area contributed by atoms with E-state index in [4.69, 9.17) is 23.2 Å². The number of benzene rings is 2. The highest BCUT2D eigenvalue weighted by molar-refractivity contribution is 6.44. The number of ketones is 1. The zero-order chi connectivity index (χ0) is 12.4. The molecule has 0 aromatic heterocycles. The van der Waals surface area contributed by atoms with Crippen LogP contribution in [0.5, 0.6) is 0 Å². The maximum absolute atomic E-state index is 13.6. The van der Waals surface area contributed by atoms with Crippen LogP contribution < -0.4 is 0 Å². The second-order valence-corrected chi connectivity index (χ2v) is 4.20. The van der Waals surface area contributed by atoms with Gasteiger partial charge in [-0.3, -0.25) is 4.79 Å². The van der Waals surface area contributed by atoms with Crippen molar-refractivity contribution in [3.63, 3.8) is 0 Å². The van der Waals surface area contributed by atoms with Gasteiger partial charge in [-0.2, -0.15) is 0 Å². The number of hydrogen-bond acceptors (Lipinski definition) is 1. The molecule has 0 spiro atoms. The van der Waals surface area contributed by atoms with Crippen LogP contribution >= 0.6 is 23.2 Å². The van der Waals surface area contributed by atoms with E-state index in [9.17, 15) is 9.18 Å². The van der Waals surface area contributed by atoms with Crippen molar-refractivity contribution in [3.8, 4) is 0 Å². The van der Waals surface area contributed by atoms with Crippen LogP contribution in [0.2, 0.25) is 10.0 Å². The van der Waals surface area contributed by atoms with Crippen LogP contribution in [0, 0.1) is 5.82 Å². The molecule has 0 unspecified atom stereocenters. The lowest BCUT2D eigenvalue weighted by atomic mass is 10.0. The Hall–Kier alpha value is -1.38. The lowest BCUT2D eigenvalue weighted by Gasteiger charge is -2.06. The molecule has 0 radical (unpaired) electrons. The molecule has 2 aromatic carbocycles. The lowest BCUT2D eigenvalue weighted by molar-refractivity contribution is 0.103. The van der Waals surface area contributed by atoms with Gasteiger partial charge in [0.1, 0.15) is 5.82 Å². The molecule has 0 amide bonds. The SMILES string of the molecule is O=C(c1ccccc1)c1c(F)ccc(Cl)c1Cl. The Kier molecular flexibility index (Phi) is 3.46. The van der Waals surface area contributed by atoms with E-state index in [1.807, 2.05) is 0 Å². The molecule has 86 valence electrons. The van der Waals surface area contributed by atoms with Gasteiger partial charge in [0.05, 0.1) is 15.6 Å². The predicted molar refractivity (Wildman–Crippen MR) is 66.3 cm³/mol. The molecule has 17 heavy (non-hydrogen) atoms. The predicted octanol–water partition coefficient (Wildman–Crippen LogP) is 4.36. The van der Waals surface area contributed by atoms with E-state index in [0.29, 0.717) is 5.56 Å². The third-order valence-corrected chi connectivity index (χ3v) is 3.11. The van der Waals surface area contributed by atoms with Gasteiger partial charge >= 0.3 is 0 Å². The molecular weight excluding hydrogens is 262 g/mol. The maximum Gasteiger partial charge on any atom is 0.197 e. The fourth-order valence-corrected chi connectivity index (χ4v) is 1.87. The van der Waals surface area contributed by atoms with E-state index >= 15 is 0 Å². The molecular formula is C13H7Cl2FO. The number of halogens is 3. The van der Waals surface area contributed by atoms with E-state index < -0.39 is 11.6 Å². The van der Waals surface area contributed by atoms with Gasteiger partial charge in [-0.05, 0) is 12.1 Å². The van der Waals surface area contributed by atoms with Crippen molar-refractivity contribution in [2.75, 3.05) is 0 Å². The van der Waals surface area contributed by atoms with Crippen molar-refractivity contribution in [1.82, 2.24) is 0 Å². The summed E-state index contributed by atoms with van der Waals surface area (Å²) in [5.41, 5.74) is 0.181. The molecule has 4 heteroatoms. The Morgan fingerprint density at radius 2 is 1.65 bits per heavy atom. The van der Waals surface area contributed by atoms with E-state index in [1.54, 1.807) is 30.3 Å². The van der Waals surface area contributed by atoms with Crippen LogP contribution in [0.3, 0.4) is 0 Å². The quantitative estimate of drug-likeness (QED) is 0.584. The molecule has 2 aromatic rings. The molecule has 0 aliphatic rings. The van der Waals surface area contributed by atoms with Crippen molar-refractivity contribution in [1.29, 1.82) is 0 Å². The van der Waals surface area contributed by atoms with Gasteiger partial charge in [0.25, 0.3) is 0 Å². The standard InChI is InChI=1S/C13H7Cl2FO/c14-9-6-7-10(16)11(12(9)15)13(17)8-4-2-1-3-5-8/h1-7H. The zero-order valence-corrected chi connectivity index (χ0v) is 10.1. The van der Waals surface area contributed by atoms with Crippen LogP contribution in [0.15, 0.2) is 42.5 Å². The summed E-state index contributed by atoms with van der Waals surface area (Å²) in [6.07, 6.45) is 0. The molecule has 0 aliphatic carbocycles. The van der Waals surface area contributed by atoms with Crippen molar-refractivity contribution < 1.29 is 9.18 Å². The minimum Gasteiger partial charge on any atom is -0.288 e. The van der Waals surface area contributed by atoms with Crippen LogP contribution in [-0.2, 0) is 0 Å². The fourth-order valence-electron chi connectivity index (χ4n) is 1.47. The molecule has 2 rings (SSSR count). The van der Waals surface area contributed by atoms with Crippen molar-refractivity contribution in [2.24, 2.45) is 0 Å². The zero-order valence-electron chi connectivity index (χ0n) is 8.58. The summed E-state index contributed by atoms with van der Waals surface area (Å²) in [7, 11) is 0. The first-order chi connectivity index (χ1) is 8.11. The Bertz CT molecular complexity index is 567. The van der Waals surface area contributed by atoms with E-state index in [2.05, 4.69) is 0 Å². The highest BCUT2D eigenvalue weighted by Gasteiger charge is 2.19. The van der Waals surface area contributed by atoms with Gasteiger partial charge in [0.2, 0.25) is 0 Å². The van der Waals surface area contributed by atoms with Gasteiger partial charge in [0, 0.05) is 5.56 Å². The van der Waals surface area contributed by atoms with E-state index in [1.165, 1.54) is 6.07 Å². The van der Waals surface area contributed by atoms with Crippen molar-refractivity contribution in [2.45, 2.75) is 0 Å². The highest BCUT2D eigenvalue weighted by Crippen LogP contribution is 2.29. The summed E-state index contributed by atoms with van der Waals surface area (Å²) in [6, 6.07) is 10.8. The Morgan fingerprint density at radius 1 is 1.00 bits per heavy atom. The topological polar surface area (TPSA) is 17.1 Å². The third kappa shape index (κ3) is 2.33. The summed E-state index contributed by atoms with van der Waals surface area (Å²) in [4.78, 5) is 12.1. The van der Waals surface area contributed by atoms with Gasteiger partial charge in [-0.25, -0.2) is 4.39 Å². The molecule has 0 aliphatic heterocycles. The smallest absolute Gasteiger partial charge is 0.197 e. The maximum atomic E-state index is 13.6. The largest absolute Gasteiger partial charge is 0.288 e. The molecule has 1 nitrogen and oxygen atoms in total. The first-order valence-corrected chi connectivity index (χ1v) is 5.60. The van der Waals surface area contributed by atoms with Crippen LogP contribution in [-0.4, -0.2) is 5.78 Å². The van der Waals surface area contributed by atoms with E-state index in [0.717, 1.165) is 6.07 Å². The van der Waals surface area contributed by atoms with Gasteiger partial charge in [-0.1, -0.05) is 53.5 Å². The summed E-state index contributed by atoms with van der Waals surface area (Å²) in [5, 5.41) is 0.105. The molecule has 0 heterocycles. The van der Waals surface area contributed by atoms with Gasteiger partial charge in [0.15, 0.2) is 5.78 Å². The van der Waals surface area contributed by atoms with Crippen LogP contribution in [0.25, 0.3) is 0 Å². The Labute approximate surface area is 108 Å². The third-order valence-electron chi connectivity index (χ3n) is 2.31. The number of rotatable bonds is 2. The molecule has 0 bridgehead atoms. The average molecular weight is 269 g/mol. The number of carbonyl (C=O) groups is 1. The van der Waals surface area contributed by atoms with Gasteiger partial charge < -0.3 is 0 Å². The number of carbonyl (C=O) groups excluding carboxylic acids is 1. The minimum absolute atomic E-state index is 0.0551. The molecule has 0 fully saturated rings. The summed E-state index contributed by atoms with van der Waals surface area (Å²) < 4.78 is 13.6. The summed E-state index contributed by atoms with van der Waals surface area (Å²) in [5.74, 6) is -1.15. The summed E-state index contributed by atoms with van der Waals surface area (Å²) in [6.45, 7) is 0. The molecule has 0 N–H and O–H groups in total. The second kappa shape index (κ2) is 4.86. The first-order valence-electron chi connectivity index (χ1n) is 4.84. The van der Waals surface area contributed by atoms with Crippen molar-refractivity contribution in [3.05, 3.63) is 69.5 Å². The summed E-state index contributed by atoms with van der Waals surface area (Å²) >= 11 is 11.6. The van der Waals surface area contributed by atoms with Crippen molar-refractivity contribution >= 4 is 29.0 Å². The normalized spacial score (nSPS) is 10.3. The molecule has 0 saturated carbocycles. The molecule has 0 saturated heterocycles. The van der Waals surface area contributed by atoms with Gasteiger partial charge in [-0.15, -0.1) is 0 Å². The van der Waals surface area contributed by atoms with E-state index in [-0.39, 0.29) is 15.6 Å². The second-order valence-electron chi connectivity index (χ2n) is 3.41. The Morgan fingerprint density at radius 3 is 2.29 bits per heavy atom.